The lowest BCUT2D eigenvalue weighted by atomic mass is 9.98. The van der Waals surface area contributed by atoms with Gasteiger partial charge in [-0.1, -0.05) is 51.0 Å². The lowest BCUT2D eigenvalue weighted by Crippen LogP contribution is -2.23. The Morgan fingerprint density at radius 1 is 1.40 bits per heavy atom. The third kappa shape index (κ3) is 4.60. The van der Waals surface area contributed by atoms with Crippen LogP contribution in [0.2, 0.25) is 0 Å². The molecule has 1 unspecified atom stereocenters. The van der Waals surface area contributed by atoms with E-state index < -0.39 is 0 Å². The molecule has 0 saturated heterocycles. The summed E-state index contributed by atoms with van der Waals surface area (Å²) in [6.07, 6.45) is 3.99. The maximum absolute atomic E-state index is 12.3. The van der Waals surface area contributed by atoms with Crippen molar-refractivity contribution in [2.75, 3.05) is 5.32 Å². The SMILES string of the molecule is CCCCC(CC)C(=O)Nc1cc(C(N)=S)ccc1C. The Hall–Kier alpha value is -1.42. The van der Waals surface area contributed by atoms with Gasteiger partial charge in [0.15, 0.2) is 0 Å². The summed E-state index contributed by atoms with van der Waals surface area (Å²) in [6.45, 7) is 6.16. The van der Waals surface area contributed by atoms with Crippen molar-refractivity contribution in [1.29, 1.82) is 0 Å². The van der Waals surface area contributed by atoms with Gasteiger partial charge in [-0.15, -0.1) is 0 Å². The topological polar surface area (TPSA) is 55.1 Å². The van der Waals surface area contributed by atoms with E-state index in [1.807, 2.05) is 25.1 Å². The number of aryl methyl sites for hydroxylation is 1. The van der Waals surface area contributed by atoms with Crippen LogP contribution in [0.5, 0.6) is 0 Å². The molecule has 1 rings (SSSR count). The molecule has 0 aliphatic rings. The van der Waals surface area contributed by atoms with Gasteiger partial charge in [-0.05, 0) is 31.4 Å². The number of carbonyl (C=O) groups excluding carboxylic acids is 1. The predicted octanol–water partition coefficient (Wildman–Crippen LogP) is 3.78. The van der Waals surface area contributed by atoms with E-state index in [1.54, 1.807) is 0 Å². The van der Waals surface area contributed by atoms with Crippen LogP contribution in [0.3, 0.4) is 0 Å². The first-order chi connectivity index (χ1) is 9.49. The third-order valence-corrected chi connectivity index (χ3v) is 3.79. The molecule has 0 spiro atoms. The zero-order valence-corrected chi connectivity index (χ0v) is 13.3. The molecule has 0 bridgehead atoms. The number of thiocarbonyl (C=S) groups is 1. The van der Waals surface area contributed by atoms with Crippen LogP contribution in [0.15, 0.2) is 18.2 Å². The second kappa shape index (κ2) is 8.00. The number of nitrogens with two attached hydrogens (primary N) is 1. The first-order valence-electron chi connectivity index (χ1n) is 7.20. The van der Waals surface area contributed by atoms with Crippen molar-refractivity contribution in [1.82, 2.24) is 0 Å². The number of rotatable bonds is 7. The third-order valence-electron chi connectivity index (χ3n) is 3.55. The van der Waals surface area contributed by atoms with Crippen LogP contribution in [0.1, 0.15) is 50.7 Å². The van der Waals surface area contributed by atoms with E-state index in [9.17, 15) is 4.79 Å². The van der Waals surface area contributed by atoms with E-state index in [-0.39, 0.29) is 11.8 Å². The molecule has 1 atom stereocenters. The van der Waals surface area contributed by atoms with Crippen molar-refractivity contribution in [3.8, 4) is 0 Å². The molecule has 0 aromatic heterocycles. The summed E-state index contributed by atoms with van der Waals surface area (Å²) in [5, 5.41) is 3.01. The quantitative estimate of drug-likeness (QED) is 0.752. The number of hydrogen-bond donors (Lipinski definition) is 2. The molecule has 3 N–H and O–H groups in total. The highest BCUT2D eigenvalue weighted by Gasteiger charge is 2.16. The molecule has 110 valence electrons. The van der Waals surface area contributed by atoms with Gasteiger partial charge in [0.1, 0.15) is 4.99 Å². The number of nitrogens with one attached hydrogen (secondary N) is 1. The molecule has 0 radical (unpaired) electrons. The highest BCUT2D eigenvalue weighted by Crippen LogP contribution is 2.20. The summed E-state index contributed by atoms with van der Waals surface area (Å²) in [5.41, 5.74) is 8.23. The number of hydrogen-bond acceptors (Lipinski definition) is 2. The minimum Gasteiger partial charge on any atom is -0.389 e. The molecule has 1 aromatic rings. The fourth-order valence-corrected chi connectivity index (χ4v) is 2.24. The summed E-state index contributed by atoms with van der Waals surface area (Å²) in [6, 6.07) is 5.65. The summed E-state index contributed by atoms with van der Waals surface area (Å²) >= 11 is 4.98. The molecule has 1 aromatic carbocycles. The fraction of sp³-hybridized carbons (Fsp3) is 0.500. The molecule has 1 amide bonds. The van der Waals surface area contributed by atoms with Crippen LogP contribution in [-0.4, -0.2) is 10.9 Å². The van der Waals surface area contributed by atoms with Gasteiger partial charge in [-0.3, -0.25) is 4.79 Å². The zero-order chi connectivity index (χ0) is 15.1. The Bertz CT molecular complexity index is 485. The maximum Gasteiger partial charge on any atom is 0.227 e. The normalized spacial score (nSPS) is 11.9. The van der Waals surface area contributed by atoms with Gasteiger partial charge in [0, 0.05) is 17.2 Å². The molecule has 0 fully saturated rings. The summed E-state index contributed by atoms with van der Waals surface area (Å²) < 4.78 is 0. The van der Waals surface area contributed by atoms with E-state index in [1.165, 1.54) is 0 Å². The van der Waals surface area contributed by atoms with Crippen molar-refractivity contribution >= 4 is 28.8 Å². The number of anilines is 1. The average Bonchev–Trinajstić information content (AvgIpc) is 2.41. The first-order valence-corrected chi connectivity index (χ1v) is 7.61. The molecular formula is C16H24N2OS. The van der Waals surface area contributed by atoms with E-state index in [4.69, 9.17) is 18.0 Å². The molecule has 4 heteroatoms. The lowest BCUT2D eigenvalue weighted by Gasteiger charge is -2.16. The van der Waals surface area contributed by atoms with Crippen molar-refractivity contribution in [3.63, 3.8) is 0 Å². The highest BCUT2D eigenvalue weighted by atomic mass is 32.1. The second-order valence-electron chi connectivity index (χ2n) is 5.13. The second-order valence-corrected chi connectivity index (χ2v) is 5.57. The Kier molecular flexibility index (Phi) is 6.65. The minimum atomic E-state index is 0.0721. The summed E-state index contributed by atoms with van der Waals surface area (Å²) in [7, 11) is 0. The number of amides is 1. The average molecular weight is 292 g/mol. The standard InChI is InChI=1S/C16H24N2OS/c1-4-6-7-12(5-2)16(19)18-14-10-13(15(17)20)9-8-11(14)3/h8-10,12H,4-7H2,1-3H3,(H2,17,20)(H,18,19). The largest absolute Gasteiger partial charge is 0.389 e. The number of unbranched alkanes of at least 4 members (excludes halogenated alkanes) is 1. The zero-order valence-electron chi connectivity index (χ0n) is 12.5. The van der Waals surface area contributed by atoms with Gasteiger partial charge in [-0.2, -0.15) is 0 Å². The Balaban J connectivity index is 2.83. The monoisotopic (exact) mass is 292 g/mol. The van der Waals surface area contributed by atoms with E-state index in [2.05, 4.69) is 19.2 Å². The van der Waals surface area contributed by atoms with Crippen LogP contribution < -0.4 is 11.1 Å². The molecule has 0 aliphatic carbocycles. The lowest BCUT2D eigenvalue weighted by molar-refractivity contribution is -0.120. The van der Waals surface area contributed by atoms with Crippen molar-refractivity contribution in [2.24, 2.45) is 11.7 Å². The predicted molar refractivity (Wildman–Crippen MR) is 89.0 cm³/mol. The Morgan fingerprint density at radius 3 is 2.65 bits per heavy atom. The minimum absolute atomic E-state index is 0.0721. The van der Waals surface area contributed by atoms with E-state index in [0.717, 1.165) is 42.5 Å². The van der Waals surface area contributed by atoms with Gasteiger partial charge < -0.3 is 11.1 Å². The molecule has 0 aliphatic heterocycles. The Morgan fingerprint density at radius 2 is 2.10 bits per heavy atom. The van der Waals surface area contributed by atoms with Crippen LogP contribution >= 0.6 is 12.2 Å². The first kappa shape index (κ1) is 16.6. The summed E-state index contributed by atoms with van der Waals surface area (Å²) in [4.78, 5) is 12.7. The van der Waals surface area contributed by atoms with Crippen LogP contribution in [0.25, 0.3) is 0 Å². The fourth-order valence-electron chi connectivity index (χ4n) is 2.12. The van der Waals surface area contributed by atoms with Gasteiger partial charge >= 0.3 is 0 Å². The highest BCUT2D eigenvalue weighted by molar-refractivity contribution is 7.80. The van der Waals surface area contributed by atoms with Crippen LogP contribution in [0, 0.1) is 12.8 Å². The van der Waals surface area contributed by atoms with Gasteiger partial charge in [0.05, 0.1) is 0 Å². The Labute approximate surface area is 126 Å². The van der Waals surface area contributed by atoms with Crippen molar-refractivity contribution in [2.45, 2.75) is 46.5 Å². The summed E-state index contributed by atoms with van der Waals surface area (Å²) in [5.74, 6) is 0.159. The van der Waals surface area contributed by atoms with Crippen LogP contribution in [0.4, 0.5) is 5.69 Å². The van der Waals surface area contributed by atoms with Gasteiger partial charge in [-0.25, -0.2) is 0 Å². The van der Waals surface area contributed by atoms with Gasteiger partial charge in [0.2, 0.25) is 5.91 Å². The van der Waals surface area contributed by atoms with Gasteiger partial charge in [0.25, 0.3) is 0 Å². The maximum atomic E-state index is 12.3. The molecule has 20 heavy (non-hydrogen) atoms. The number of carbonyl (C=O) groups is 1. The van der Waals surface area contributed by atoms with E-state index >= 15 is 0 Å². The van der Waals surface area contributed by atoms with Crippen molar-refractivity contribution in [3.05, 3.63) is 29.3 Å². The van der Waals surface area contributed by atoms with Crippen LogP contribution in [-0.2, 0) is 4.79 Å². The van der Waals surface area contributed by atoms with E-state index in [0.29, 0.717) is 4.99 Å². The molecular weight excluding hydrogens is 268 g/mol. The molecule has 0 saturated carbocycles. The van der Waals surface area contributed by atoms with Crippen molar-refractivity contribution < 1.29 is 4.79 Å². The number of benzene rings is 1. The smallest absolute Gasteiger partial charge is 0.227 e. The molecule has 0 heterocycles. The molecule has 3 nitrogen and oxygen atoms in total.